The molecule has 0 saturated carbocycles. The summed E-state index contributed by atoms with van der Waals surface area (Å²) in [6.45, 7) is 8.61. The summed E-state index contributed by atoms with van der Waals surface area (Å²) in [7, 11) is 0. The number of carbonyl (C=O) groups is 1. The Hall–Kier alpha value is -2.98. The second kappa shape index (κ2) is 9.88. The van der Waals surface area contributed by atoms with E-state index in [0.717, 1.165) is 12.1 Å². The number of hydrogen-bond acceptors (Lipinski definition) is 2. The lowest BCUT2D eigenvalue weighted by atomic mass is 9.86. The van der Waals surface area contributed by atoms with Gasteiger partial charge in [0.25, 0.3) is 0 Å². The highest BCUT2D eigenvalue weighted by atomic mass is 32.1. The van der Waals surface area contributed by atoms with E-state index >= 15 is 0 Å². The third kappa shape index (κ3) is 6.02. The highest BCUT2D eigenvalue weighted by molar-refractivity contribution is 7.80. The van der Waals surface area contributed by atoms with Gasteiger partial charge in [-0.3, -0.25) is 4.79 Å². The molecule has 0 spiro atoms. The zero-order chi connectivity index (χ0) is 22.4. The van der Waals surface area contributed by atoms with Crippen molar-refractivity contribution in [2.24, 2.45) is 0 Å². The zero-order valence-corrected chi connectivity index (χ0v) is 19.4. The summed E-state index contributed by atoms with van der Waals surface area (Å²) in [6, 6.07) is 25.7. The smallest absolute Gasteiger partial charge is 0.193 e. The first-order chi connectivity index (χ1) is 14.8. The van der Waals surface area contributed by atoms with Gasteiger partial charge in [-0.05, 0) is 47.3 Å². The van der Waals surface area contributed by atoms with Crippen LogP contribution in [0.5, 0.6) is 0 Å². The molecule has 0 bridgehead atoms. The first kappa shape index (κ1) is 22.7. The maximum atomic E-state index is 13.0. The van der Waals surface area contributed by atoms with Crippen molar-refractivity contribution in [3.8, 4) is 0 Å². The van der Waals surface area contributed by atoms with Crippen molar-refractivity contribution < 1.29 is 4.79 Å². The normalized spacial score (nSPS) is 12.1. The number of nitrogens with one attached hydrogen (secondary N) is 2. The van der Waals surface area contributed by atoms with Crippen LogP contribution in [0.3, 0.4) is 0 Å². The van der Waals surface area contributed by atoms with E-state index in [9.17, 15) is 4.79 Å². The molecule has 3 aromatic rings. The van der Waals surface area contributed by atoms with Gasteiger partial charge < -0.3 is 10.6 Å². The lowest BCUT2D eigenvalue weighted by Crippen LogP contribution is -2.32. The van der Waals surface area contributed by atoms with E-state index in [0.29, 0.717) is 16.2 Å². The fourth-order valence-corrected chi connectivity index (χ4v) is 3.72. The first-order valence-electron chi connectivity index (χ1n) is 10.7. The monoisotopic (exact) mass is 430 g/mol. The molecule has 0 heterocycles. The minimum absolute atomic E-state index is 0.00120. The predicted molar refractivity (Wildman–Crippen MR) is 134 cm³/mol. The van der Waals surface area contributed by atoms with Crippen molar-refractivity contribution in [1.82, 2.24) is 5.32 Å². The highest BCUT2D eigenvalue weighted by Crippen LogP contribution is 2.23. The van der Waals surface area contributed by atoms with Crippen LogP contribution in [-0.2, 0) is 5.41 Å². The number of benzene rings is 3. The van der Waals surface area contributed by atoms with E-state index in [2.05, 4.69) is 50.5 Å². The molecule has 0 unspecified atom stereocenters. The van der Waals surface area contributed by atoms with Crippen LogP contribution in [0.25, 0.3) is 0 Å². The Kier molecular flexibility index (Phi) is 7.24. The summed E-state index contributed by atoms with van der Waals surface area (Å²) in [5.41, 5.74) is 4.56. The van der Waals surface area contributed by atoms with Crippen LogP contribution in [0.1, 0.15) is 67.2 Å². The Labute approximate surface area is 190 Å². The third-order valence-electron chi connectivity index (χ3n) is 5.31. The van der Waals surface area contributed by atoms with Gasteiger partial charge in [0.1, 0.15) is 0 Å². The van der Waals surface area contributed by atoms with Gasteiger partial charge in [0.15, 0.2) is 10.9 Å². The minimum Gasteiger partial charge on any atom is -0.356 e. The Morgan fingerprint density at radius 2 is 1.58 bits per heavy atom. The summed E-state index contributed by atoms with van der Waals surface area (Å²) >= 11 is 5.52. The van der Waals surface area contributed by atoms with Gasteiger partial charge in [-0.25, -0.2) is 0 Å². The van der Waals surface area contributed by atoms with E-state index in [1.807, 2.05) is 66.7 Å². The molecule has 0 aromatic heterocycles. The van der Waals surface area contributed by atoms with Crippen LogP contribution in [0.2, 0.25) is 0 Å². The van der Waals surface area contributed by atoms with Gasteiger partial charge in [-0.15, -0.1) is 0 Å². The molecule has 3 nitrogen and oxygen atoms in total. The molecular formula is C27H30N2OS. The van der Waals surface area contributed by atoms with Gasteiger partial charge in [0.05, 0.1) is 6.04 Å². The second-order valence-electron chi connectivity index (χ2n) is 8.71. The number of ketones is 1. The maximum absolute atomic E-state index is 13.0. The maximum Gasteiger partial charge on any atom is 0.193 e. The molecule has 160 valence electrons. The molecule has 0 aliphatic carbocycles. The second-order valence-corrected chi connectivity index (χ2v) is 9.12. The van der Waals surface area contributed by atoms with Gasteiger partial charge in [-0.1, -0.05) is 94.4 Å². The summed E-state index contributed by atoms with van der Waals surface area (Å²) in [5.74, 6) is -0.00120. The molecule has 3 rings (SSSR count). The van der Waals surface area contributed by atoms with Crippen molar-refractivity contribution in [3.63, 3.8) is 0 Å². The molecular weight excluding hydrogens is 400 g/mol. The standard InChI is InChI=1S/C27H30N2OS/c1-5-24(19-10-7-6-8-11-19)29-26(31)28-23-13-9-12-21(18-23)25(30)20-14-16-22(17-15-20)27(2,3)4/h6-18,24H,5H2,1-4H3,(H2,28,29,31)/t24-/m0/s1. The molecule has 0 aliphatic rings. The van der Waals surface area contributed by atoms with E-state index in [1.54, 1.807) is 0 Å². The molecule has 0 radical (unpaired) electrons. The quantitative estimate of drug-likeness (QED) is 0.339. The van der Waals surface area contributed by atoms with Crippen molar-refractivity contribution in [2.45, 2.75) is 45.6 Å². The fourth-order valence-electron chi connectivity index (χ4n) is 3.46. The van der Waals surface area contributed by atoms with Gasteiger partial charge >= 0.3 is 0 Å². The van der Waals surface area contributed by atoms with Gasteiger partial charge in [0, 0.05) is 16.8 Å². The minimum atomic E-state index is -0.00120. The van der Waals surface area contributed by atoms with Crippen molar-refractivity contribution in [1.29, 1.82) is 0 Å². The van der Waals surface area contributed by atoms with Crippen LogP contribution >= 0.6 is 12.2 Å². The van der Waals surface area contributed by atoms with Crippen LogP contribution in [-0.4, -0.2) is 10.9 Å². The van der Waals surface area contributed by atoms with Crippen molar-refractivity contribution >= 4 is 28.8 Å². The highest BCUT2D eigenvalue weighted by Gasteiger charge is 2.16. The Morgan fingerprint density at radius 1 is 0.903 bits per heavy atom. The van der Waals surface area contributed by atoms with Gasteiger partial charge in [0.2, 0.25) is 0 Å². The number of thiocarbonyl (C=S) groups is 1. The molecule has 0 fully saturated rings. The lowest BCUT2D eigenvalue weighted by Gasteiger charge is -2.20. The largest absolute Gasteiger partial charge is 0.356 e. The molecule has 0 aliphatic heterocycles. The topological polar surface area (TPSA) is 41.1 Å². The third-order valence-corrected chi connectivity index (χ3v) is 5.53. The Morgan fingerprint density at radius 3 is 2.19 bits per heavy atom. The van der Waals surface area contributed by atoms with Crippen molar-refractivity contribution in [2.75, 3.05) is 5.32 Å². The average Bonchev–Trinajstić information content (AvgIpc) is 2.77. The number of anilines is 1. The Balaban J connectivity index is 1.69. The van der Waals surface area contributed by atoms with Crippen LogP contribution in [0.4, 0.5) is 5.69 Å². The SMILES string of the molecule is CC[C@H](NC(=S)Nc1cccc(C(=O)c2ccc(C(C)(C)C)cc2)c1)c1ccccc1. The van der Waals surface area contributed by atoms with E-state index in [-0.39, 0.29) is 17.2 Å². The summed E-state index contributed by atoms with van der Waals surface area (Å²) < 4.78 is 0. The molecule has 31 heavy (non-hydrogen) atoms. The molecule has 0 saturated heterocycles. The van der Waals surface area contributed by atoms with Crippen LogP contribution in [0, 0.1) is 0 Å². The molecule has 1 atom stereocenters. The zero-order valence-electron chi connectivity index (χ0n) is 18.6. The molecule has 2 N–H and O–H groups in total. The average molecular weight is 431 g/mol. The number of carbonyl (C=O) groups excluding carboxylic acids is 1. The predicted octanol–water partition coefficient (Wildman–Crippen LogP) is 6.65. The van der Waals surface area contributed by atoms with E-state index in [4.69, 9.17) is 12.2 Å². The van der Waals surface area contributed by atoms with Crippen LogP contribution < -0.4 is 10.6 Å². The van der Waals surface area contributed by atoms with Crippen molar-refractivity contribution in [3.05, 3.63) is 101 Å². The lowest BCUT2D eigenvalue weighted by molar-refractivity contribution is 0.103. The van der Waals surface area contributed by atoms with Gasteiger partial charge in [-0.2, -0.15) is 0 Å². The first-order valence-corrected chi connectivity index (χ1v) is 11.1. The van der Waals surface area contributed by atoms with E-state index in [1.165, 1.54) is 11.1 Å². The van der Waals surface area contributed by atoms with E-state index < -0.39 is 0 Å². The number of rotatable bonds is 6. The summed E-state index contributed by atoms with van der Waals surface area (Å²) in [6.07, 6.45) is 0.912. The molecule has 3 aromatic carbocycles. The molecule has 4 heteroatoms. The fraction of sp³-hybridized carbons (Fsp3) is 0.259. The summed E-state index contributed by atoms with van der Waals surface area (Å²) in [4.78, 5) is 13.0. The Bertz CT molecular complexity index is 1040. The van der Waals surface area contributed by atoms with Crippen LogP contribution in [0.15, 0.2) is 78.9 Å². The number of hydrogen-bond donors (Lipinski definition) is 2. The molecule has 0 amide bonds. The summed E-state index contributed by atoms with van der Waals surface area (Å²) in [5, 5.41) is 7.12.